The lowest BCUT2D eigenvalue weighted by Crippen LogP contribution is -2.40. The van der Waals surface area contributed by atoms with E-state index in [1.54, 1.807) is 0 Å². The van der Waals surface area contributed by atoms with Gasteiger partial charge in [-0.25, -0.2) is 0 Å². The Balaban J connectivity index is 3.71. The first kappa shape index (κ1) is 12.7. The normalized spacial score (nSPS) is 9.77. The molecule has 0 spiro atoms. The van der Waals surface area contributed by atoms with Crippen molar-refractivity contribution in [2.75, 3.05) is 19.6 Å². The van der Waals surface area contributed by atoms with E-state index in [9.17, 15) is 0 Å². The van der Waals surface area contributed by atoms with Crippen LogP contribution in [0.1, 0.15) is 40.0 Å². The van der Waals surface area contributed by atoms with Gasteiger partial charge in [0.25, 0.3) is 0 Å². The van der Waals surface area contributed by atoms with E-state index in [2.05, 4.69) is 31.0 Å². The van der Waals surface area contributed by atoms with Crippen LogP contribution >= 0.6 is 12.2 Å². The summed E-state index contributed by atoms with van der Waals surface area (Å²) in [4.78, 5) is 2.23. The Morgan fingerprint density at radius 1 is 1.23 bits per heavy atom. The second-order valence-corrected chi connectivity index (χ2v) is 3.55. The molecule has 78 valence electrons. The summed E-state index contributed by atoms with van der Waals surface area (Å²) in [7, 11) is 0. The van der Waals surface area contributed by atoms with Gasteiger partial charge in [0.1, 0.15) is 0 Å². The highest BCUT2D eigenvalue weighted by molar-refractivity contribution is 7.80. The van der Waals surface area contributed by atoms with Crippen LogP contribution in [0.5, 0.6) is 0 Å². The lowest BCUT2D eigenvalue weighted by Gasteiger charge is -2.23. The molecular weight excluding hydrogens is 180 g/mol. The Bertz CT molecular complexity index is 137. The second kappa shape index (κ2) is 8.30. The van der Waals surface area contributed by atoms with Crippen LogP contribution in [-0.4, -0.2) is 29.6 Å². The average Bonchev–Trinajstić information content (AvgIpc) is 2.16. The molecule has 0 unspecified atom stereocenters. The number of nitrogens with zero attached hydrogens (tertiary/aromatic N) is 1. The van der Waals surface area contributed by atoms with Crippen LogP contribution in [0.2, 0.25) is 0 Å². The summed E-state index contributed by atoms with van der Waals surface area (Å²) in [6.07, 6.45) is 3.58. The molecule has 0 aliphatic heterocycles. The average molecular weight is 202 g/mol. The van der Waals surface area contributed by atoms with Crippen molar-refractivity contribution in [1.29, 1.82) is 0 Å². The third-order valence-electron chi connectivity index (χ3n) is 1.98. The molecule has 0 aliphatic carbocycles. The maximum absolute atomic E-state index is 5.27. The lowest BCUT2D eigenvalue weighted by atomic mass is 10.3. The molecule has 0 amide bonds. The van der Waals surface area contributed by atoms with Crippen molar-refractivity contribution in [2.45, 2.75) is 40.0 Å². The molecule has 1 N–H and O–H groups in total. The molecule has 0 rings (SSSR count). The summed E-state index contributed by atoms with van der Waals surface area (Å²) in [5.41, 5.74) is 0. The number of hydrogen-bond acceptors (Lipinski definition) is 1. The summed E-state index contributed by atoms with van der Waals surface area (Å²) in [5.74, 6) is 0. The Hall–Kier alpha value is -0.310. The van der Waals surface area contributed by atoms with E-state index in [4.69, 9.17) is 12.2 Å². The first-order valence-electron chi connectivity index (χ1n) is 5.29. The summed E-state index contributed by atoms with van der Waals surface area (Å²) >= 11 is 5.27. The van der Waals surface area contributed by atoms with Gasteiger partial charge in [0.2, 0.25) is 0 Å². The summed E-state index contributed by atoms with van der Waals surface area (Å²) in [6.45, 7) is 9.59. The van der Waals surface area contributed by atoms with Crippen LogP contribution in [0.3, 0.4) is 0 Å². The van der Waals surface area contributed by atoms with Crippen molar-refractivity contribution >= 4 is 17.3 Å². The lowest BCUT2D eigenvalue weighted by molar-refractivity contribution is 0.421. The molecule has 0 heterocycles. The highest BCUT2D eigenvalue weighted by Crippen LogP contribution is 1.95. The molecule has 2 nitrogen and oxygen atoms in total. The SMILES string of the molecule is CCCCN(CC)C(=S)NCCC. The number of unbranched alkanes of at least 4 members (excludes halogenated alkanes) is 1. The Kier molecular flexibility index (Phi) is 8.10. The molecule has 0 saturated carbocycles. The molecule has 0 atom stereocenters. The molecule has 0 aromatic carbocycles. The highest BCUT2D eigenvalue weighted by Gasteiger charge is 2.04. The predicted molar refractivity (Wildman–Crippen MR) is 63.0 cm³/mol. The van der Waals surface area contributed by atoms with Gasteiger partial charge in [-0.2, -0.15) is 0 Å². The number of rotatable bonds is 6. The van der Waals surface area contributed by atoms with Crippen LogP contribution in [-0.2, 0) is 0 Å². The monoisotopic (exact) mass is 202 g/mol. The Labute approximate surface area is 87.7 Å². The zero-order chi connectivity index (χ0) is 10.1. The van der Waals surface area contributed by atoms with Crippen molar-refractivity contribution in [2.24, 2.45) is 0 Å². The zero-order valence-electron chi connectivity index (χ0n) is 9.10. The standard InChI is InChI=1S/C10H22N2S/c1-4-7-9-12(6-3)10(13)11-8-5-2/h4-9H2,1-3H3,(H,11,13). The zero-order valence-corrected chi connectivity index (χ0v) is 9.91. The van der Waals surface area contributed by atoms with Crippen molar-refractivity contribution < 1.29 is 0 Å². The molecule has 0 bridgehead atoms. The number of thiocarbonyl (C=S) groups is 1. The van der Waals surface area contributed by atoms with Gasteiger partial charge < -0.3 is 10.2 Å². The van der Waals surface area contributed by atoms with Crippen LogP contribution in [0.4, 0.5) is 0 Å². The molecule has 0 saturated heterocycles. The third-order valence-corrected chi connectivity index (χ3v) is 2.38. The van der Waals surface area contributed by atoms with E-state index in [0.29, 0.717) is 0 Å². The van der Waals surface area contributed by atoms with Gasteiger partial charge in [0.15, 0.2) is 5.11 Å². The molecule has 3 heteroatoms. The van der Waals surface area contributed by atoms with Crippen molar-refractivity contribution in [3.05, 3.63) is 0 Å². The fourth-order valence-electron chi connectivity index (χ4n) is 1.10. The van der Waals surface area contributed by atoms with E-state index in [0.717, 1.165) is 31.2 Å². The first-order chi connectivity index (χ1) is 6.26. The van der Waals surface area contributed by atoms with Crippen LogP contribution in [0.25, 0.3) is 0 Å². The van der Waals surface area contributed by atoms with Gasteiger partial charge in [-0.1, -0.05) is 20.3 Å². The summed E-state index contributed by atoms with van der Waals surface area (Å²) in [6, 6.07) is 0. The predicted octanol–water partition coefficient (Wildman–Crippen LogP) is 2.39. The second-order valence-electron chi connectivity index (χ2n) is 3.17. The van der Waals surface area contributed by atoms with Crippen molar-refractivity contribution in [3.63, 3.8) is 0 Å². The minimum atomic E-state index is 0.915. The first-order valence-corrected chi connectivity index (χ1v) is 5.69. The molecule has 0 aliphatic rings. The maximum atomic E-state index is 5.27. The van der Waals surface area contributed by atoms with Crippen molar-refractivity contribution in [3.8, 4) is 0 Å². The highest BCUT2D eigenvalue weighted by atomic mass is 32.1. The molecule has 13 heavy (non-hydrogen) atoms. The van der Waals surface area contributed by atoms with Gasteiger partial charge in [-0.05, 0) is 32.0 Å². The van der Waals surface area contributed by atoms with Gasteiger partial charge in [0.05, 0.1) is 0 Å². The molecule has 0 aromatic heterocycles. The maximum Gasteiger partial charge on any atom is 0.168 e. The third kappa shape index (κ3) is 5.86. The smallest absolute Gasteiger partial charge is 0.168 e. The Morgan fingerprint density at radius 3 is 2.38 bits per heavy atom. The quantitative estimate of drug-likeness (QED) is 0.666. The van der Waals surface area contributed by atoms with E-state index in [1.807, 2.05) is 0 Å². The van der Waals surface area contributed by atoms with Crippen LogP contribution in [0.15, 0.2) is 0 Å². The summed E-state index contributed by atoms with van der Waals surface area (Å²) < 4.78 is 0. The number of hydrogen-bond donors (Lipinski definition) is 1. The fourth-order valence-corrected chi connectivity index (χ4v) is 1.42. The van der Waals surface area contributed by atoms with Gasteiger partial charge in [-0.15, -0.1) is 0 Å². The molecule has 0 fully saturated rings. The van der Waals surface area contributed by atoms with Crippen molar-refractivity contribution in [1.82, 2.24) is 10.2 Å². The van der Waals surface area contributed by atoms with E-state index in [-0.39, 0.29) is 0 Å². The van der Waals surface area contributed by atoms with Crippen LogP contribution < -0.4 is 5.32 Å². The Morgan fingerprint density at radius 2 is 1.92 bits per heavy atom. The van der Waals surface area contributed by atoms with Crippen LogP contribution in [0, 0.1) is 0 Å². The largest absolute Gasteiger partial charge is 0.363 e. The molecular formula is C10H22N2S. The minimum absolute atomic E-state index is 0.915. The minimum Gasteiger partial charge on any atom is -0.363 e. The van der Waals surface area contributed by atoms with Gasteiger partial charge in [0, 0.05) is 19.6 Å². The fraction of sp³-hybridized carbons (Fsp3) is 0.900. The van der Waals surface area contributed by atoms with E-state index >= 15 is 0 Å². The molecule has 0 aromatic rings. The van der Waals surface area contributed by atoms with E-state index in [1.165, 1.54) is 12.8 Å². The number of nitrogens with one attached hydrogen (secondary N) is 1. The summed E-state index contributed by atoms with van der Waals surface area (Å²) in [5, 5.41) is 4.16. The topological polar surface area (TPSA) is 15.3 Å². The van der Waals surface area contributed by atoms with Gasteiger partial charge in [-0.3, -0.25) is 0 Å². The van der Waals surface area contributed by atoms with E-state index < -0.39 is 0 Å². The molecule has 0 radical (unpaired) electrons. The van der Waals surface area contributed by atoms with Gasteiger partial charge >= 0.3 is 0 Å².